The molecule has 0 saturated heterocycles. The molecule has 0 radical (unpaired) electrons. The van der Waals surface area contributed by atoms with Gasteiger partial charge < -0.3 is 16.2 Å². The summed E-state index contributed by atoms with van der Waals surface area (Å²) in [4.78, 5) is 37.3. The van der Waals surface area contributed by atoms with Gasteiger partial charge in [-0.05, 0) is 55.9 Å². The summed E-state index contributed by atoms with van der Waals surface area (Å²) in [5, 5.41) is 12.9. The third kappa shape index (κ3) is 2.25. The lowest BCUT2D eigenvalue weighted by atomic mass is 9.79. The Hall–Kier alpha value is -1.89. The Balaban J connectivity index is 1.61. The van der Waals surface area contributed by atoms with E-state index in [1.165, 1.54) is 11.3 Å². The number of fused-ring (bicyclic) bond motifs is 3. The number of amides is 2. The second kappa shape index (κ2) is 5.58. The lowest BCUT2D eigenvalue weighted by Crippen LogP contribution is -2.38. The highest BCUT2D eigenvalue weighted by Gasteiger charge is 2.54. The fourth-order valence-corrected chi connectivity index (χ4v) is 6.27. The summed E-state index contributed by atoms with van der Waals surface area (Å²) in [5.41, 5.74) is 6.91. The highest BCUT2D eigenvalue weighted by atomic mass is 32.1. The van der Waals surface area contributed by atoms with Crippen molar-refractivity contribution in [2.75, 3.05) is 5.32 Å². The first-order chi connectivity index (χ1) is 11.5. The molecule has 2 bridgehead atoms. The molecule has 1 aromatic heterocycles. The number of rotatable bonds is 4. The number of carbonyl (C=O) groups excluding carboxylic acids is 2. The summed E-state index contributed by atoms with van der Waals surface area (Å²) in [6.45, 7) is 0. The van der Waals surface area contributed by atoms with Crippen molar-refractivity contribution in [1.29, 1.82) is 0 Å². The van der Waals surface area contributed by atoms with Crippen molar-refractivity contribution in [2.24, 2.45) is 29.4 Å². The van der Waals surface area contributed by atoms with E-state index in [0.29, 0.717) is 10.6 Å². The third-order valence-corrected chi connectivity index (χ3v) is 7.12. The summed E-state index contributed by atoms with van der Waals surface area (Å²) in [5.74, 6) is -2.53. The number of aliphatic carboxylic acids is 1. The molecule has 6 nitrogen and oxygen atoms in total. The number of hydrogen-bond donors (Lipinski definition) is 3. The van der Waals surface area contributed by atoms with Crippen LogP contribution < -0.4 is 11.1 Å². The van der Waals surface area contributed by atoms with Crippen molar-refractivity contribution in [3.8, 4) is 0 Å². The SMILES string of the molecule is NC(=O)c1c(NC(=O)C2C3CCC(C3)C2C(=O)O)sc2c1CCC2. The normalized spacial score (nSPS) is 30.3. The first kappa shape index (κ1) is 15.6. The van der Waals surface area contributed by atoms with Crippen LogP contribution in [0.25, 0.3) is 0 Å². The number of nitrogens with one attached hydrogen (secondary N) is 1. The first-order valence-electron chi connectivity index (χ1n) is 8.45. The number of primary amides is 1. The topological polar surface area (TPSA) is 109 Å². The molecule has 2 saturated carbocycles. The fraction of sp³-hybridized carbons (Fsp3) is 0.588. The van der Waals surface area contributed by atoms with Crippen LogP contribution in [0.1, 0.15) is 46.5 Å². The summed E-state index contributed by atoms with van der Waals surface area (Å²) in [7, 11) is 0. The predicted molar refractivity (Wildman–Crippen MR) is 88.9 cm³/mol. The number of carboxylic acid groups (broad SMARTS) is 1. The van der Waals surface area contributed by atoms with Crippen molar-refractivity contribution in [3.05, 3.63) is 16.0 Å². The van der Waals surface area contributed by atoms with Crippen LogP contribution in [0.3, 0.4) is 0 Å². The minimum absolute atomic E-state index is 0.104. The van der Waals surface area contributed by atoms with Crippen molar-refractivity contribution in [1.82, 2.24) is 0 Å². The van der Waals surface area contributed by atoms with Crippen molar-refractivity contribution in [2.45, 2.75) is 38.5 Å². The zero-order valence-corrected chi connectivity index (χ0v) is 14.0. The molecule has 4 unspecified atom stereocenters. The molecule has 0 spiro atoms. The van der Waals surface area contributed by atoms with Crippen LogP contribution >= 0.6 is 11.3 Å². The average molecular weight is 348 g/mol. The Morgan fingerprint density at radius 1 is 1.12 bits per heavy atom. The van der Waals surface area contributed by atoms with Crippen LogP contribution in [0.5, 0.6) is 0 Å². The molecule has 3 aliphatic carbocycles. The third-order valence-electron chi connectivity index (χ3n) is 5.91. The van der Waals surface area contributed by atoms with Crippen LogP contribution in [-0.2, 0) is 22.4 Å². The molecule has 4 N–H and O–H groups in total. The van der Waals surface area contributed by atoms with E-state index in [-0.39, 0.29) is 17.7 Å². The molecule has 0 aliphatic heterocycles. The van der Waals surface area contributed by atoms with Crippen LogP contribution in [0.4, 0.5) is 5.00 Å². The van der Waals surface area contributed by atoms with Gasteiger partial charge in [-0.15, -0.1) is 11.3 Å². The molecule has 2 fully saturated rings. The van der Waals surface area contributed by atoms with Gasteiger partial charge in [-0.2, -0.15) is 0 Å². The Bertz CT molecular complexity index is 741. The predicted octanol–water partition coefficient (Wildman–Crippen LogP) is 2.02. The molecular formula is C17H20N2O4S. The molecule has 4 rings (SSSR count). The fourth-order valence-electron chi connectivity index (χ4n) is 4.97. The molecule has 7 heteroatoms. The van der Waals surface area contributed by atoms with Gasteiger partial charge in [-0.3, -0.25) is 14.4 Å². The summed E-state index contributed by atoms with van der Waals surface area (Å²) >= 11 is 1.41. The van der Waals surface area contributed by atoms with E-state index in [2.05, 4.69) is 5.32 Å². The lowest BCUT2D eigenvalue weighted by Gasteiger charge is -2.26. The average Bonchev–Trinajstić information content (AvgIpc) is 3.24. The Morgan fingerprint density at radius 3 is 2.50 bits per heavy atom. The van der Waals surface area contributed by atoms with Crippen molar-refractivity contribution >= 4 is 34.1 Å². The van der Waals surface area contributed by atoms with Gasteiger partial charge in [0.15, 0.2) is 0 Å². The molecule has 2 amide bonds. The summed E-state index contributed by atoms with van der Waals surface area (Å²) in [6, 6.07) is 0. The standard InChI is InChI=1S/C17H20N2O4S/c18-14(20)13-9-2-1-3-10(9)24-16(13)19-15(21)11-7-4-5-8(6-7)12(11)17(22)23/h7-8,11-12H,1-6H2,(H2,18,20)(H,19,21)(H,22,23). The molecule has 128 valence electrons. The molecule has 1 heterocycles. The minimum atomic E-state index is -0.883. The maximum atomic E-state index is 12.8. The monoisotopic (exact) mass is 348 g/mol. The van der Waals surface area contributed by atoms with Gasteiger partial charge in [0.05, 0.1) is 17.4 Å². The van der Waals surface area contributed by atoms with Gasteiger partial charge in [0.1, 0.15) is 5.00 Å². The van der Waals surface area contributed by atoms with Gasteiger partial charge in [0.2, 0.25) is 5.91 Å². The number of nitrogens with two attached hydrogens (primary N) is 1. The summed E-state index contributed by atoms with van der Waals surface area (Å²) < 4.78 is 0. The van der Waals surface area contributed by atoms with Crippen molar-refractivity contribution < 1.29 is 19.5 Å². The largest absolute Gasteiger partial charge is 0.481 e. The molecule has 3 aliphatic rings. The quantitative estimate of drug-likeness (QED) is 0.773. The van der Waals surface area contributed by atoms with Gasteiger partial charge in [0, 0.05) is 4.88 Å². The molecular weight excluding hydrogens is 328 g/mol. The zero-order chi connectivity index (χ0) is 17.0. The Morgan fingerprint density at radius 2 is 1.83 bits per heavy atom. The van der Waals surface area contributed by atoms with E-state index < -0.39 is 23.7 Å². The highest BCUT2D eigenvalue weighted by Crippen LogP contribution is 2.53. The Labute approximate surface area is 143 Å². The first-order valence-corrected chi connectivity index (χ1v) is 9.27. The summed E-state index contributed by atoms with van der Waals surface area (Å²) in [6.07, 6.45) is 5.34. The van der Waals surface area contributed by atoms with E-state index in [0.717, 1.165) is 49.0 Å². The minimum Gasteiger partial charge on any atom is -0.481 e. The maximum Gasteiger partial charge on any atom is 0.307 e. The number of anilines is 1. The van der Waals surface area contributed by atoms with Crippen LogP contribution in [0.15, 0.2) is 0 Å². The van der Waals surface area contributed by atoms with Crippen LogP contribution in [-0.4, -0.2) is 22.9 Å². The second-order valence-electron chi connectivity index (χ2n) is 7.14. The van der Waals surface area contributed by atoms with Gasteiger partial charge in [-0.25, -0.2) is 0 Å². The number of aryl methyl sites for hydroxylation is 1. The maximum absolute atomic E-state index is 12.8. The number of thiophene rings is 1. The van der Waals surface area contributed by atoms with Gasteiger partial charge in [-0.1, -0.05) is 0 Å². The van der Waals surface area contributed by atoms with Crippen LogP contribution in [0, 0.1) is 23.7 Å². The molecule has 24 heavy (non-hydrogen) atoms. The number of carboxylic acids is 1. The smallest absolute Gasteiger partial charge is 0.307 e. The number of hydrogen-bond acceptors (Lipinski definition) is 4. The zero-order valence-electron chi connectivity index (χ0n) is 13.2. The van der Waals surface area contributed by atoms with E-state index in [1.54, 1.807) is 0 Å². The molecule has 1 aromatic rings. The lowest BCUT2D eigenvalue weighted by molar-refractivity contribution is -0.148. The van der Waals surface area contributed by atoms with Gasteiger partial charge >= 0.3 is 5.97 Å². The second-order valence-corrected chi connectivity index (χ2v) is 8.24. The van der Waals surface area contributed by atoms with E-state index in [4.69, 9.17) is 5.73 Å². The number of carbonyl (C=O) groups is 3. The van der Waals surface area contributed by atoms with E-state index >= 15 is 0 Å². The van der Waals surface area contributed by atoms with Crippen LogP contribution in [0.2, 0.25) is 0 Å². The molecule has 0 aromatic carbocycles. The van der Waals surface area contributed by atoms with E-state index in [1.807, 2.05) is 0 Å². The van der Waals surface area contributed by atoms with Gasteiger partial charge in [0.25, 0.3) is 5.91 Å². The Kier molecular flexibility index (Phi) is 3.63. The highest BCUT2D eigenvalue weighted by molar-refractivity contribution is 7.17. The van der Waals surface area contributed by atoms with E-state index in [9.17, 15) is 19.5 Å². The van der Waals surface area contributed by atoms with Crippen molar-refractivity contribution in [3.63, 3.8) is 0 Å². The molecule has 4 atom stereocenters.